The smallest absolute Gasteiger partial charge is 0.409 e. The first kappa shape index (κ1) is 15.5. The fourth-order valence-corrected chi connectivity index (χ4v) is 3.40. The largest absolute Gasteiger partial charge is 0.453 e. The second-order valence-electron chi connectivity index (χ2n) is 5.57. The molecule has 2 saturated heterocycles. The highest BCUT2D eigenvalue weighted by molar-refractivity contribution is 5.68. The summed E-state index contributed by atoms with van der Waals surface area (Å²) in [6.45, 7) is 3.82. The standard InChI is InChI=1S/C14H26N2O4/c1-18-13(19-2)5-4-7-15-8-6-11-9-16(10-12(11)15)14(17)20-3/h11-13H,4-10H2,1-3H3/t11-,12+/m1/s1. The van der Waals surface area contributed by atoms with Crippen molar-refractivity contribution < 1.29 is 19.0 Å². The van der Waals surface area contributed by atoms with Crippen molar-refractivity contribution >= 4 is 6.09 Å². The number of fused-ring (bicyclic) bond motifs is 1. The topological polar surface area (TPSA) is 51.2 Å². The average molecular weight is 286 g/mol. The number of methoxy groups -OCH3 is 3. The van der Waals surface area contributed by atoms with Gasteiger partial charge >= 0.3 is 6.09 Å². The van der Waals surface area contributed by atoms with Crippen molar-refractivity contribution in [2.24, 2.45) is 5.92 Å². The summed E-state index contributed by atoms with van der Waals surface area (Å²) in [4.78, 5) is 15.9. The summed E-state index contributed by atoms with van der Waals surface area (Å²) in [6.07, 6.45) is 2.83. The molecule has 2 aliphatic heterocycles. The summed E-state index contributed by atoms with van der Waals surface area (Å²) >= 11 is 0. The molecular weight excluding hydrogens is 260 g/mol. The molecule has 0 N–H and O–H groups in total. The normalized spacial score (nSPS) is 26.3. The van der Waals surface area contributed by atoms with E-state index in [1.165, 1.54) is 13.5 Å². The van der Waals surface area contributed by atoms with E-state index in [1.54, 1.807) is 14.2 Å². The number of carbonyl (C=O) groups excluding carboxylic acids is 1. The lowest BCUT2D eigenvalue weighted by molar-refractivity contribution is -0.107. The molecule has 2 aliphatic rings. The van der Waals surface area contributed by atoms with Crippen LogP contribution in [0.5, 0.6) is 0 Å². The van der Waals surface area contributed by atoms with Crippen molar-refractivity contribution in [3.8, 4) is 0 Å². The lowest BCUT2D eigenvalue weighted by Crippen LogP contribution is -2.37. The Hall–Kier alpha value is -0.850. The zero-order valence-corrected chi connectivity index (χ0v) is 12.7. The van der Waals surface area contributed by atoms with Gasteiger partial charge in [0, 0.05) is 33.4 Å². The van der Waals surface area contributed by atoms with Crippen molar-refractivity contribution in [3.05, 3.63) is 0 Å². The predicted octanol–water partition coefficient (Wildman–Crippen LogP) is 1.16. The van der Waals surface area contributed by atoms with Gasteiger partial charge in [-0.25, -0.2) is 4.79 Å². The lowest BCUT2D eigenvalue weighted by Gasteiger charge is -2.25. The number of rotatable bonds is 6. The van der Waals surface area contributed by atoms with Crippen LogP contribution in [0.2, 0.25) is 0 Å². The van der Waals surface area contributed by atoms with Crippen LogP contribution in [0.4, 0.5) is 4.79 Å². The lowest BCUT2D eigenvalue weighted by atomic mass is 10.1. The zero-order valence-electron chi connectivity index (χ0n) is 12.7. The Kier molecular flexibility index (Phi) is 5.63. The van der Waals surface area contributed by atoms with Crippen LogP contribution in [0.3, 0.4) is 0 Å². The third-order valence-corrected chi connectivity index (χ3v) is 4.51. The highest BCUT2D eigenvalue weighted by Gasteiger charge is 2.42. The Balaban J connectivity index is 1.76. The molecule has 2 heterocycles. The van der Waals surface area contributed by atoms with E-state index in [0.717, 1.165) is 39.0 Å². The zero-order chi connectivity index (χ0) is 14.5. The summed E-state index contributed by atoms with van der Waals surface area (Å²) in [5.41, 5.74) is 0. The average Bonchev–Trinajstić information content (AvgIpc) is 3.04. The molecule has 2 rings (SSSR count). The van der Waals surface area contributed by atoms with Gasteiger partial charge in [0.2, 0.25) is 0 Å². The number of amides is 1. The molecule has 0 spiro atoms. The molecule has 0 aliphatic carbocycles. The second-order valence-corrected chi connectivity index (χ2v) is 5.57. The first-order chi connectivity index (χ1) is 9.69. The van der Waals surface area contributed by atoms with Crippen molar-refractivity contribution in [2.45, 2.75) is 31.6 Å². The van der Waals surface area contributed by atoms with Crippen molar-refractivity contribution in [3.63, 3.8) is 0 Å². The number of hydrogen-bond donors (Lipinski definition) is 0. The van der Waals surface area contributed by atoms with E-state index >= 15 is 0 Å². The van der Waals surface area contributed by atoms with Crippen LogP contribution in [-0.4, -0.2) is 75.7 Å². The molecule has 0 saturated carbocycles. The first-order valence-electron chi connectivity index (χ1n) is 7.32. The predicted molar refractivity (Wildman–Crippen MR) is 74.5 cm³/mol. The molecule has 1 amide bonds. The number of hydrogen-bond acceptors (Lipinski definition) is 5. The third kappa shape index (κ3) is 3.42. The van der Waals surface area contributed by atoms with E-state index in [9.17, 15) is 4.79 Å². The molecule has 20 heavy (non-hydrogen) atoms. The molecule has 6 nitrogen and oxygen atoms in total. The molecule has 6 heteroatoms. The highest BCUT2D eigenvalue weighted by Crippen LogP contribution is 2.31. The van der Waals surface area contributed by atoms with Gasteiger partial charge < -0.3 is 19.1 Å². The van der Waals surface area contributed by atoms with E-state index in [1.807, 2.05) is 4.90 Å². The van der Waals surface area contributed by atoms with Crippen LogP contribution in [0.25, 0.3) is 0 Å². The Labute approximate surface area is 120 Å². The molecule has 2 fully saturated rings. The first-order valence-corrected chi connectivity index (χ1v) is 7.32. The number of nitrogens with zero attached hydrogens (tertiary/aromatic N) is 2. The molecule has 0 radical (unpaired) electrons. The third-order valence-electron chi connectivity index (χ3n) is 4.51. The van der Waals surface area contributed by atoms with Crippen LogP contribution in [0.15, 0.2) is 0 Å². The van der Waals surface area contributed by atoms with Crippen LogP contribution < -0.4 is 0 Å². The van der Waals surface area contributed by atoms with E-state index in [0.29, 0.717) is 12.0 Å². The Morgan fingerprint density at radius 3 is 2.65 bits per heavy atom. The maximum atomic E-state index is 11.6. The highest BCUT2D eigenvalue weighted by atomic mass is 16.7. The number of ether oxygens (including phenoxy) is 3. The molecule has 0 aromatic rings. The Bertz CT molecular complexity index is 322. The van der Waals surface area contributed by atoms with Crippen molar-refractivity contribution in [1.82, 2.24) is 9.80 Å². The maximum Gasteiger partial charge on any atom is 0.409 e. The second kappa shape index (κ2) is 7.24. The molecule has 0 bridgehead atoms. The Morgan fingerprint density at radius 1 is 1.25 bits per heavy atom. The van der Waals surface area contributed by atoms with Gasteiger partial charge in [0.25, 0.3) is 0 Å². The monoisotopic (exact) mass is 286 g/mol. The van der Waals surface area contributed by atoms with E-state index in [2.05, 4.69) is 4.90 Å². The van der Waals surface area contributed by atoms with Gasteiger partial charge in [-0.15, -0.1) is 0 Å². The molecule has 0 aromatic carbocycles. The fraction of sp³-hybridized carbons (Fsp3) is 0.929. The van der Waals surface area contributed by atoms with Gasteiger partial charge in [-0.1, -0.05) is 0 Å². The molecule has 0 aromatic heterocycles. The molecule has 2 atom stereocenters. The van der Waals surface area contributed by atoms with Gasteiger partial charge in [-0.05, 0) is 38.3 Å². The van der Waals surface area contributed by atoms with Crippen LogP contribution in [0.1, 0.15) is 19.3 Å². The van der Waals surface area contributed by atoms with Crippen LogP contribution >= 0.6 is 0 Å². The minimum atomic E-state index is -0.196. The maximum absolute atomic E-state index is 11.6. The van der Waals surface area contributed by atoms with Gasteiger partial charge in [0.05, 0.1) is 7.11 Å². The quantitative estimate of drug-likeness (QED) is 0.686. The number of carbonyl (C=O) groups is 1. The number of likely N-dealkylation sites (tertiary alicyclic amines) is 2. The van der Waals surface area contributed by atoms with Crippen molar-refractivity contribution in [1.29, 1.82) is 0 Å². The van der Waals surface area contributed by atoms with Gasteiger partial charge in [-0.2, -0.15) is 0 Å². The Morgan fingerprint density at radius 2 is 2.00 bits per heavy atom. The van der Waals surface area contributed by atoms with E-state index in [-0.39, 0.29) is 12.4 Å². The van der Waals surface area contributed by atoms with Crippen molar-refractivity contribution in [2.75, 3.05) is 47.5 Å². The minimum Gasteiger partial charge on any atom is -0.453 e. The fourth-order valence-electron chi connectivity index (χ4n) is 3.40. The van der Waals surface area contributed by atoms with E-state index < -0.39 is 0 Å². The molecule has 116 valence electrons. The summed E-state index contributed by atoms with van der Waals surface area (Å²) in [5, 5.41) is 0. The van der Waals surface area contributed by atoms with Gasteiger partial charge in [0.1, 0.15) is 0 Å². The van der Waals surface area contributed by atoms with Crippen LogP contribution in [0, 0.1) is 5.92 Å². The summed E-state index contributed by atoms with van der Waals surface area (Å²) in [6, 6.07) is 0.498. The molecular formula is C14H26N2O4. The molecule has 0 unspecified atom stereocenters. The summed E-state index contributed by atoms with van der Waals surface area (Å²) in [5.74, 6) is 0.606. The van der Waals surface area contributed by atoms with Gasteiger partial charge in [0.15, 0.2) is 6.29 Å². The van der Waals surface area contributed by atoms with E-state index in [4.69, 9.17) is 14.2 Å². The SMILES string of the molecule is COC(=O)N1C[C@H]2CCN(CCCC(OC)OC)[C@H]2C1. The minimum absolute atomic E-state index is 0.108. The van der Waals surface area contributed by atoms with Crippen LogP contribution in [-0.2, 0) is 14.2 Å². The summed E-state index contributed by atoms with van der Waals surface area (Å²) in [7, 11) is 4.79. The van der Waals surface area contributed by atoms with Gasteiger partial charge in [-0.3, -0.25) is 4.90 Å². The summed E-state index contributed by atoms with van der Waals surface area (Å²) < 4.78 is 15.2.